The molecule has 0 bridgehead atoms. The van der Waals surface area contributed by atoms with Gasteiger partial charge in [-0.05, 0) is 61.0 Å². The number of pyridine rings is 1. The minimum atomic E-state index is -0.272. The molecule has 0 unspecified atom stereocenters. The molecular weight excluding hydrogens is 501 g/mol. The van der Waals surface area contributed by atoms with Gasteiger partial charge in [0.25, 0.3) is 0 Å². The third kappa shape index (κ3) is 5.05. The fourth-order valence-electron chi connectivity index (χ4n) is 5.30. The normalized spacial score (nSPS) is 16.5. The van der Waals surface area contributed by atoms with Crippen LogP contribution in [0.5, 0.6) is 0 Å². The van der Waals surface area contributed by atoms with E-state index in [4.69, 9.17) is 9.97 Å². The maximum atomic E-state index is 13.7. The molecule has 9 heteroatoms. The number of hydrogen-bond acceptors (Lipinski definition) is 6. The topological polar surface area (TPSA) is 74.0 Å². The molecule has 1 aliphatic heterocycles. The molecule has 38 heavy (non-hydrogen) atoms. The van der Waals surface area contributed by atoms with E-state index in [1.807, 2.05) is 29.8 Å². The molecular formula is C29H34FN5O2S. The number of rotatable bonds is 7. The third-order valence-electron chi connectivity index (χ3n) is 7.42. The van der Waals surface area contributed by atoms with Crippen molar-refractivity contribution in [3.63, 3.8) is 0 Å². The smallest absolute Gasteiger partial charge is 0.222 e. The molecule has 4 heterocycles. The lowest BCUT2D eigenvalue weighted by Crippen LogP contribution is -2.37. The van der Waals surface area contributed by atoms with E-state index in [2.05, 4.69) is 29.7 Å². The molecule has 0 spiro atoms. The van der Waals surface area contributed by atoms with Gasteiger partial charge in [0.2, 0.25) is 5.91 Å². The molecule has 1 fully saturated rings. The minimum absolute atomic E-state index is 0.140. The zero-order chi connectivity index (χ0) is 26.8. The summed E-state index contributed by atoms with van der Waals surface area (Å²) in [5, 5.41) is 10.8. The summed E-state index contributed by atoms with van der Waals surface area (Å²) in [6, 6.07) is 4.24. The van der Waals surface area contributed by atoms with Gasteiger partial charge in [-0.2, -0.15) is 0 Å². The molecule has 5 rings (SSSR count). The summed E-state index contributed by atoms with van der Waals surface area (Å²) in [5.41, 5.74) is 4.57. The van der Waals surface area contributed by atoms with Crippen LogP contribution in [0.2, 0.25) is 0 Å². The maximum absolute atomic E-state index is 13.7. The van der Waals surface area contributed by atoms with E-state index in [1.54, 1.807) is 6.08 Å². The lowest BCUT2D eigenvalue weighted by Gasteiger charge is -2.32. The van der Waals surface area contributed by atoms with Crippen LogP contribution in [-0.2, 0) is 17.8 Å². The van der Waals surface area contributed by atoms with Crippen molar-refractivity contribution in [1.82, 2.24) is 19.3 Å². The molecule has 2 aliphatic rings. The molecule has 1 saturated heterocycles. The molecule has 1 amide bonds. The van der Waals surface area contributed by atoms with Gasteiger partial charge in [0.15, 0.2) is 5.13 Å². The molecule has 0 aromatic carbocycles. The Morgan fingerprint density at radius 2 is 1.97 bits per heavy atom. The second-order valence-corrected chi connectivity index (χ2v) is 10.8. The van der Waals surface area contributed by atoms with E-state index in [-0.39, 0.29) is 18.3 Å². The van der Waals surface area contributed by atoms with Crippen molar-refractivity contribution in [1.29, 1.82) is 0 Å². The summed E-state index contributed by atoms with van der Waals surface area (Å²) >= 11 is 1.43. The van der Waals surface area contributed by atoms with Crippen molar-refractivity contribution in [2.45, 2.75) is 58.5 Å². The number of anilines is 2. The minimum Gasteiger partial charge on any atom is -0.391 e. The van der Waals surface area contributed by atoms with E-state index in [1.165, 1.54) is 29.1 Å². The average Bonchev–Trinajstić information content (AvgIpc) is 3.48. The van der Waals surface area contributed by atoms with Crippen molar-refractivity contribution in [2.24, 2.45) is 0 Å². The fourth-order valence-corrected chi connectivity index (χ4v) is 6.21. The van der Waals surface area contributed by atoms with Crippen LogP contribution in [0, 0.1) is 0 Å². The zero-order valence-electron chi connectivity index (χ0n) is 22.2. The van der Waals surface area contributed by atoms with Gasteiger partial charge in [0.05, 0.1) is 22.9 Å². The van der Waals surface area contributed by atoms with E-state index < -0.39 is 0 Å². The largest absolute Gasteiger partial charge is 0.391 e. The lowest BCUT2D eigenvalue weighted by atomic mass is 9.90. The van der Waals surface area contributed by atoms with Gasteiger partial charge in [-0.3, -0.25) is 9.20 Å². The van der Waals surface area contributed by atoms with Crippen molar-refractivity contribution >= 4 is 39.4 Å². The van der Waals surface area contributed by atoms with Crippen LogP contribution in [0.1, 0.15) is 67.3 Å². The molecule has 7 nitrogen and oxygen atoms in total. The zero-order valence-corrected chi connectivity index (χ0v) is 23.0. The van der Waals surface area contributed by atoms with Crippen LogP contribution < -0.4 is 4.90 Å². The number of carbonyl (C=O) groups is 1. The second kappa shape index (κ2) is 11.2. The summed E-state index contributed by atoms with van der Waals surface area (Å²) in [6.45, 7) is 5.46. The van der Waals surface area contributed by atoms with Crippen LogP contribution in [0.4, 0.5) is 15.3 Å². The van der Waals surface area contributed by atoms with Gasteiger partial charge >= 0.3 is 0 Å². The van der Waals surface area contributed by atoms with E-state index in [9.17, 15) is 14.3 Å². The van der Waals surface area contributed by atoms with Crippen molar-refractivity contribution in [3.8, 4) is 0 Å². The van der Waals surface area contributed by atoms with E-state index in [0.717, 1.165) is 65.1 Å². The summed E-state index contributed by atoms with van der Waals surface area (Å²) in [4.78, 5) is 26.7. The number of carbonyl (C=O) groups excluding carboxylic acids is 1. The van der Waals surface area contributed by atoms with Crippen LogP contribution in [0.25, 0.3) is 11.2 Å². The summed E-state index contributed by atoms with van der Waals surface area (Å²) in [5.74, 6) is 1.30. The first-order valence-corrected chi connectivity index (χ1v) is 14.1. The number of likely N-dealkylation sites (tertiary alicyclic amines) is 1. The Morgan fingerprint density at radius 3 is 2.68 bits per heavy atom. The van der Waals surface area contributed by atoms with Gasteiger partial charge in [-0.25, -0.2) is 14.4 Å². The van der Waals surface area contributed by atoms with Gasteiger partial charge in [0, 0.05) is 32.8 Å². The average molecular weight is 536 g/mol. The van der Waals surface area contributed by atoms with E-state index >= 15 is 0 Å². The van der Waals surface area contributed by atoms with Crippen LogP contribution in [0.15, 0.2) is 48.5 Å². The van der Waals surface area contributed by atoms with Crippen LogP contribution >= 0.6 is 11.3 Å². The maximum Gasteiger partial charge on any atom is 0.222 e. The lowest BCUT2D eigenvalue weighted by molar-refractivity contribution is -0.131. The molecule has 1 aliphatic carbocycles. The number of hydrogen-bond donors (Lipinski definition) is 1. The number of halogens is 1. The highest BCUT2D eigenvalue weighted by atomic mass is 32.1. The Kier molecular flexibility index (Phi) is 7.76. The highest BCUT2D eigenvalue weighted by molar-refractivity contribution is 7.15. The first kappa shape index (κ1) is 26.3. The highest BCUT2D eigenvalue weighted by Crippen LogP contribution is 2.37. The molecule has 0 saturated carbocycles. The van der Waals surface area contributed by atoms with Crippen molar-refractivity contribution in [3.05, 3.63) is 70.3 Å². The Bertz CT molecular complexity index is 1430. The number of piperidine rings is 1. The van der Waals surface area contributed by atoms with Gasteiger partial charge in [-0.15, -0.1) is 0 Å². The van der Waals surface area contributed by atoms with Crippen molar-refractivity contribution in [2.75, 3.05) is 25.0 Å². The SMILES string of the molecule is CCC(=O)N1CCC(c2ccc3nc(CC)c(N(C)c4nc(C5=CCC=C(F)C=C5)c(CO)s4)n3c2)CC1. The first-order valence-electron chi connectivity index (χ1n) is 13.3. The Hall–Kier alpha value is -3.30. The second-order valence-electron chi connectivity index (χ2n) is 9.74. The number of aromatic nitrogens is 3. The van der Waals surface area contributed by atoms with E-state index in [0.29, 0.717) is 24.5 Å². The summed E-state index contributed by atoms with van der Waals surface area (Å²) in [7, 11) is 1.98. The number of aliphatic hydroxyl groups is 1. The van der Waals surface area contributed by atoms with Crippen molar-refractivity contribution < 1.29 is 14.3 Å². The Morgan fingerprint density at radius 1 is 1.18 bits per heavy atom. The predicted octanol–water partition coefficient (Wildman–Crippen LogP) is 5.93. The van der Waals surface area contributed by atoms with Crippen LogP contribution in [0.3, 0.4) is 0 Å². The predicted molar refractivity (Wildman–Crippen MR) is 150 cm³/mol. The molecule has 3 aromatic heterocycles. The highest BCUT2D eigenvalue weighted by Gasteiger charge is 2.25. The number of amides is 1. The number of fused-ring (bicyclic) bond motifs is 1. The first-order chi connectivity index (χ1) is 18.4. The third-order valence-corrected chi connectivity index (χ3v) is 8.54. The number of imidazole rings is 1. The van der Waals surface area contributed by atoms with Gasteiger partial charge in [0.1, 0.15) is 17.3 Å². The number of thiazole rings is 1. The van der Waals surface area contributed by atoms with Crippen LogP contribution in [-0.4, -0.2) is 50.4 Å². The number of aryl methyl sites for hydroxylation is 1. The monoisotopic (exact) mass is 535 g/mol. The number of nitrogens with zero attached hydrogens (tertiary/aromatic N) is 5. The number of aliphatic hydroxyl groups excluding tert-OH is 1. The molecule has 0 radical (unpaired) electrons. The Labute approximate surface area is 226 Å². The quantitative estimate of drug-likeness (QED) is 0.406. The molecule has 3 aromatic rings. The molecule has 1 N–H and O–H groups in total. The van der Waals surface area contributed by atoms with Gasteiger partial charge in [-0.1, -0.05) is 43.4 Å². The summed E-state index contributed by atoms with van der Waals surface area (Å²) in [6.07, 6.45) is 12.5. The Balaban J connectivity index is 1.48. The molecule has 0 atom stereocenters. The summed E-state index contributed by atoms with van der Waals surface area (Å²) < 4.78 is 15.9. The van der Waals surface area contributed by atoms with Gasteiger partial charge < -0.3 is 14.9 Å². The molecule has 200 valence electrons. The number of allylic oxidation sites excluding steroid dienone is 6. The fraction of sp³-hybridized carbons (Fsp3) is 0.414. The standard InChI is InChI=1S/C29H34FN5O2S/c1-4-23-28(33(3)29-32-27(24(18-36)38-29)20-7-6-8-22(30)11-9-20)35-17-21(10-12-25(35)31-23)19-13-15-34(16-14-19)26(37)5-2/h7-12,17,19,36H,4-6,13-16,18H2,1-3H3.